The Morgan fingerprint density at radius 2 is 1.67 bits per heavy atom. The summed E-state index contributed by atoms with van der Waals surface area (Å²) in [6, 6.07) is 23.7. The number of β-amino-alcohol motifs (C(OH)–C–C–N with tert-alkyl or cyclic N) is 1. The standard InChI is InChI=1S/C46H50N8O7S3/c1-29-41(63-27-49-29)32-14-12-30(13-15-32)21-48-43(58)39-20-37(56)24-54(39)44(59)42(46(2,3)4)47-22-31-8-6-9-33(18-31)34-10-7-11-35(19-34)38-26-62-45(50-38)51-40(57)25-52(28-55)36-16-17-53(23-36)64(5,60)61/h6-19,23,26-28,37,39,42,47,56H,20-22,24-25H2,1-5H3,(H,48,58)(H,50,51,57)/t37-,39+,42-/m1/s1. The van der Waals surface area contributed by atoms with E-state index in [1.54, 1.807) is 11.3 Å². The van der Waals surface area contributed by atoms with Gasteiger partial charge < -0.3 is 30.9 Å². The van der Waals surface area contributed by atoms with Crippen molar-refractivity contribution in [2.75, 3.05) is 29.6 Å². The highest BCUT2D eigenvalue weighted by Crippen LogP contribution is 2.31. The first-order valence-electron chi connectivity index (χ1n) is 20.5. The van der Waals surface area contributed by atoms with Crippen LogP contribution in [0.2, 0.25) is 0 Å². The molecule has 3 aromatic heterocycles. The van der Waals surface area contributed by atoms with Gasteiger partial charge in [-0.1, -0.05) is 81.4 Å². The molecule has 3 atom stereocenters. The van der Waals surface area contributed by atoms with E-state index >= 15 is 0 Å². The van der Waals surface area contributed by atoms with Crippen LogP contribution < -0.4 is 20.9 Å². The predicted octanol–water partition coefficient (Wildman–Crippen LogP) is 5.90. The van der Waals surface area contributed by atoms with Gasteiger partial charge in [-0.05, 0) is 58.4 Å². The van der Waals surface area contributed by atoms with Crippen LogP contribution in [-0.2, 0) is 42.3 Å². The third-order valence-corrected chi connectivity index (χ3v) is 13.6. The van der Waals surface area contributed by atoms with Gasteiger partial charge in [-0.15, -0.1) is 22.7 Å². The van der Waals surface area contributed by atoms with Crippen molar-refractivity contribution in [3.05, 3.63) is 119 Å². The number of aromatic nitrogens is 3. The fourth-order valence-electron chi connectivity index (χ4n) is 7.54. The Morgan fingerprint density at radius 3 is 2.34 bits per heavy atom. The smallest absolute Gasteiger partial charge is 0.246 e. The van der Waals surface area contributed by atoms with Crippen molar-refractivity contribution in [3.63, 3.8) is 0 Å². The number of benzene rings is 3. The van der Waals surface area contributed by atoms with Gasteiger partial charge in [0, 0.05) is 49.4 Å². The molecule has 64 heavy (non-hydrogen) atoms. The van der Waals surface area contributed by atoms with Gasteiger partial charge in [0.05, 0.1) is 45.9 Å². The zero-order chi connectivity index (χ0) is 45.8. The second-order valence-electron chi connectivity index (χ2n) is 16.8. The number of hydrogen-bond acceptors (Lipinski definition) is 12. The first-order chi connectivity index (χ1) is 30.5. The molecule has 1 fully saturated rings. The Morgan fingerprint density at radius 1 is 0.953 bits per heavy atom. The fraction of sp³-hybridized carbons (Fsp3) is 0.304. The van der Waals surface area contributed by atoms with Crippen LogP contribution in [0.3, 0.4) is 0 Å². The number of hydrogen-bond donors (Lipinski definition) is 4. The predicted molar refractivity (Wildman–Crippen MR) is 250 cm³/mol. The largest absolute Gasteiger partial charge is 0.391 e. The van der Waals surface area contributed by atoms with Gasteiger partial charge in [-0.3, -0.25) is 23.2 Å². The van der Waals surface area contributed by atoms with Crippen molar-refractivity contribution >= 4 is 67.6 Å². The molecule has 334 valence electrons. The third-order valence-electron chi connectivity index (χ3n) is 10.9. The molecule has 1 saturated heterocycles. The molecule has 0 saturated carbocycles. The zero-order valence-corrected chi connectivity index (χ0v) is 38.5. The van der Waals surface area contributed by atoms with Crippen LogP contribution in [0.4, 0.5) is 10.8 Å². The molecule has 4 heterocycles. The lowest BCUT2D eigenvalue weighted by Gasteiger charge is -2.35. The number of carbonyl (C=O) groups is 4. The number of aryl methyl sites for hydroxylation is 1. The van der Waals surface area contributed by atoms with Crippen molar-refractivity contribution in [2.45, 2.75) is 65.4 Å². The summed E-state index contributed by atoms with van der Waals surface area (Å²) in [6.45, 7) is 8.27. The first kappa shape index (κ1) is 46.0. The van der Waals surface area contributed by atoms with Gasteiger partial charge in [0.2, 0.25) is 34.2 Å². The fourth-order valence-corrected chi connectivity index (χ4v) is 9.67. The molecule has 18 heteroatoms. The maximum absolute atomic E-state index is 14.3. The summed E-state index contributed by atoms with van der Waals surface area (Å²) in [7, 11) is -3.55. The molecule has 0 unspecified atom stereocenters. The van der Waals surface area contributed by atoms with Gasteiger partial charge in [0.15, 0.2) is 5.13 Å². The second kappa shape index (κ2) is 19.4. The molecule has 0 aliphatic carbocycles. The topological polar surface area (TPSA) is 196 Å². The lowest BCUT2D eigenvalue weighted by Crippen LogP contribution is -2.56. The number of likely N-dealkylation sites (tertiary alicyclic amines) is 1. The Labute approximate surface area is 380 Å². The number of aliphatic hydroxyl groups excluding tert-OH is 1. The molecule has 0 radical (unpaired) electrons. The normalized spacial score (nSPS) is 15.8. The number of rotatable bonds is 16. The van der Waals surface area contributed by atoms with Crippen LogP contribution >= 0.6 is 22.7 Å². The van der Waals surface area contributed by atoms with Crippen molar-refractivity contribution < 1.29 is 32.7 Å². The summed E-state index contributed by atoms with van der Waals surface area (Å²) in [6.07, 6.45) is 3.39. The quantitative estimate of drug-likeness (QED) is 0.0849. The Kier molecular flexibility index (Phi) is 13.9. The maximum atomic E-state index is 14.3. The van der Waals surface area contributed by atoms with Gasteiger partial charge in [-0.2, -0.15) is 0 Å². The van der Waals surface area contributed by atoms with E-state index in [1.165, 1.54) is 34.7 Å². The van der Waals surface area contributed by atoms with Crippen LogP contribution in [0.25, 0.3) is 32.8 Å². The van der Waals surface area contributed by atoms with Gasteiger partial charge in [0.1, 0.15) is 12.6 Å². The lowest BCUT2D eigenvalue weighted by molar-refractivity contribution is -0.142. The van der Waals surface area contributed by atoms with Gasteiger partial charge in [-0.25, -0.2) is 18.4 Å². The number of nitrogens with one attached hydrogen (secondary N) is 3. The van der Waals surface area contributed by atoms with Crippen LogP contribution in [0.15, 0.2) is 102 Å². The summed E-state index contributed by atoms with van der Waals surface area (Å²) < 4.78 is 24.6. The molecule has 0 bridgehead atoms. The minimum Gasteiger partial charge on any atom is -0.391 e. The van der Waals surface area contributed by atoms with E-state index in [-0.39, 0.29) is 43.6 Å². The van der Waals surface area contributed by atoms with E-state index in [4.69, 9.17) is 0 Å². The number of anilines is 2. The highest BCUT2D eigenvalue weighted by Gasteiger charge is 2.43. The molecular weight excluding hydrogens is 873 g/mol. The molecule has 4 amide bonds. The van der Waals surface area contributed by atoms with E-state index in [2.05, 4.69) is 25.9 Å². The zero-order valence-electron chi connectivity index (χ0n) is 36.0. The highest BCUT2D eigenvalue weighted by atomic mass is 32.2. The summed E-state index contributed by atoms with van der Waals surface area (Å²) in [5, 5.41) is 22.0. The summed E-state index contributed by atoms with van der Waals surface area (Å²) in [5.74, 6) is -1.06. The lowest BCUT2D eigenvalue weighted by atomic mass is 9.85. The summed E-state index contributed by atoms with van der Waals surface area (Å²) in [5.41, 5.74) is 8.76. The molecule has 0 spiro atoms. The Bertz CT molecular complexity index is 2760. The SMILES string of the molecule is Cc1ncsc1-c1ccc(CNC(=O)[C@@H]2C[C@@H](O)CN2C(=O)[C@@H](NCc2cccc(-c3cccc(-c4csc(NC(=O)CN(C=O)c5ccn(S(C)(=O)=O)c5)n4)c3)c2)C(C)(C)C)cc1. The van der Waals surface area contributed by atoms with E-state index in [9.17, 15) is 32.7 Å². The van der Waals surface area contributed by atoms with Crippen LogP contribution in [0.5, 0.6) is 0 Å². The molecule has 3 aromatic carbocycles. The Balaban J connectivity index is 0.970. The van der Waals surface area contributed by atoms with Gasteiger partial charge in [0.25, 0.3) is 0 Å². The monoisotopic (exact) mass is 922 g/mol. The van der Waals surface area contributed by atoms with Crippen molar-refractivity contribution in [1.29, 1.82) is 0 Å². The molecule has 6 aromatic rings. The summed E-state index contributed by atoms with van der Waals surface area (Å²) in [4.78, 5) is 65.2. The van der Waals surface area contributed by atoms with Crippen molar-refractivity contribution in [3.8, 4) is 32.8 Å². The second-order valence-corrected chi connectivity index (χ2v) is 20.4. The number of carbonyl (C=O) groups excluding carboxylic acids is 4. The van der Waals surface area contributed by atoms with E-state index in [0.717, 1.165) is 59.1 Å². The maximum Gasteiger partial charge on any atom is 0.246 e. The number of thiazole rings is 2. The molecule has 4 N–H and O–H groups in total. The molecule has 7 rings (SSSR count). The first-order valence-corrected chi connectivity index (χ1v) is 24.1. The molecule has 15 nitrogen and oxygen atoms in total. The molecular formula is C46H50N8O7S3. The average molecular weight is 923 g/mol. The summed E-state index contributed by atoms with van der Waals surface area (Å²) >= 11 is 2.81. The van der Waals surface area contributed by atoms with E-state index < -0.39 is 39.5 Å². The third kappa shape index (κ3) is 11.0. The highest BCUT2D eigenvalue weighted by molar-refractivity contribution is 7.89. The Hall–Kier alpha value is -6.05. The molecule has 1 aliphatic heterocycles. The van der Waals surface area contributed by atoms with E-state index in [1.807, 2.05) is 111 Å². The minimum absolute atomic E-state index is 0.0652. The molecule has 1 aliphatic rings. The van der Waals surface area contributed by atoms with Crippen LogP contribution in [-0.4, -0.2) is 94.0 Å². The van der Waals surface area contributed by atoms with Crippen LogP contribution in [0, 0.1) is 12.3 Å². The van der Waals surface area contributed by atoms with Crippen LogP contribution in [0.1, 0.15) is 44.0 Å². The van der Waals surface area contributed by atoms with Crippen molar-refractivity contribution in [1.82, 2.24) is 29.5 Å². The number of amides is 4. The number of nitrogens with zero attached hydrogens (tertiary/aromatic N) is 5. The number of aliphatic hydroxyl groups is 1. The minimum atomic E-state index is -3.55. The van der Waals surface area contributed by atoms with E-state index in [0.29, 0.717) is 23.8 Å². The average Bonchev–Trinajstić information content (AvgIpc) is 4.10. The van der Waals surface area contributed by atoms with Crippen molar-refractivity contribution in [2.24, 2.45) is 5.41 Å². The van der Waals surface area contributed by atoms with Gasteiger partial charge >= 0.3 is 0 Å².